The lowest BCUT2D eigenvalue weighted by molar-refractivity contribution is 0.557. The summed E-state index contributed by atoms with van der Waals surface area (Å²) in [4.78, 5) is 0. The summed E-state index contributed by atoms with van der Waals surface area (Å²) in [6.45, 7) is 9.45. The van der Waals surface area contributed by atoms with Gasteiger partial charge in [0.15, 0.2) is 0 Å². The fourth-order valence-electron chi connectivity index (χ4n) is 1.16. The first-order valence-corrected chi connectivity index (χ1v) is 4.46. The van der Waals surface area contributed by atoms with E-state index in [1.807, 2.05) is 20.8 Å². The highest BCUT2D eigenvalue weighted by Gasteiger charge is 2.22. The minimum atomic E-state index is -0.547. The van der Waals surface area contributed by atoms with Crippen LogP contribution in [0.2, 0.25) is 0 Å². The normalized spacial score (nSPS) is 11.5. The van der Waals surface area contributed by atoms with E-state index < -0.39 is 17.0 Å². The lowest BCUT2D eigenvalue weighted by Gasteiger charge is -2.25. The van der Waals surface area contributed by atoms with Crippen molar-refractivity contribution >= 4 is 0 Å². The van der Waals surface area contributed by atoms with E-state index in [-0.39, 0.29) is 0 Å². The molecule has 76 valence electrons. The molecule has 0 aliphatic carbocycles. The lowest BCUT2D eigenvalue weighted by Crippen LogP contribution is -2.18. The van der Waals surface area contributed by atoms with Gasteiger partial charge >= 0.3 is 0 Å². The highest BCUT2D eigenvalue weighted by atomic mass is 19.1. The number of halogens is 2. The molecule has 0 saturated heterocycles. The Kier molecular flexibility index (Phi) is 2.74. The number of hydrogen-bond donors (Lipinski definition) is 0. The van der Waals surface area contributed by atoms with Crippen LogP contribution in [0.1, 0.15) is 26.3 Å². The molecule has 0 radical (unpaired) electrons. The second kappa shape index (κ2) is 3.52. The Hall–Kier alpha value is -1.18. The predicted octanol–water partition coefficient (Wildman–Crippen LogP) is 3.82. The van der Waals surface area contributed by atoms with Crippen molar-refractivity contribution in [2.75, 3.05) is 0 Å². The van der Waals surface area contributed by atoms with Crippen molar-refractivity contribution in [1.82, 2.24) is 0 Å². The van der Waals surface area contributed by atoms with E-state index in [0.717, 1.165) is 11.6 Å². The Morgan fingerprint density at radius 3 is 1.93 bits per heavy atom. The van der Waals surface area contributed by atoms with E-state index in [0.29, 0.717) is 5.56 Å². The summed E-state index contributed by atoms with van der Waals surface area (Å²) < 4.78 is 25.9. The molecule has 0 spiro atoms. The molecule has 0 atom stereocenters. The van der Waals surface area contributed by atoms with Gasteiger partial charge < -0.3 is 0 Å². The maximum atomic E-state index is 13.0. The van der Waals surface area contributed by atoms with Gasteiger partial charge in [0, 0.05) is 11.5 Å². The molecular formula is C12H14F2. The Bertz CT molecular complexity index is 344. The number of benzene rings is 1. The van der Waals surface area contributed by atoms with Crippen LogP contribution in [0.15, 0.2) is 30.4 Å². The van der Waals surface area contributed by atoms with E-state index in [1.165, 1.54) is 12.1 Å². The third-order valence-corrected chi connectivity index (χ3v) is 2.65. The van der Waals surface area contributed by atoms with E-state index >= 15 is 0 Å². The van der Waals surface area contributed by atoms with Gasteiger partial charge in [0.2, 0.25) is 0 Å². The van der Waals surface area contributed by atoms with Gasteiger partial charge in [-0.25, -0.2) is 8.78 Å². The molecule has 0 aliphatic heterocycles. The molecular weight excluding hydrogens is 182 g/mol. The quantitative estimate of drug-likeness (QED) is 0.631. The SMILES string of the molecule is C=C(C)C(C)(C)c1cc(F)cc(F)c1. The summed E-state index contributed by atoms with van der Waals surface area (Å²) in [6.07, 6.45) is 0. The van der Waals surface area contributed by atoms with Crippen LogP contribution in [-0.4, -0.2) is 0 Å². The zero-order valence-electron chi connectivity index (χ0n) is 8.70. The average Bonchev–Trinajstić information content (AvgIpc) is 2.01. The summed E-state index contributed by atoms with van der Waals surface area (Å²) in [6, 6.07) is 3.56. The van der Waals surface area contributed by atoms with Gasteiger partial charge in [-0.15, -0.1) is 0 Å². The first-order chi connectivity index (χ1) is 6.34. The van der Waals surface area contributed by atoms with E-state index in [4.69, 9.17) is 0 Å². The second-order valence-corrected chi connectivity index (χ2v) is 4.06. The minimum Gasteiger partial charge on any atom is -0.207 e. The van der Waals surface area contributed by atoms with Gasteiger partial charge in [-0.1, -0.05) is 26.0 Å². The Labute approximate surface area is 83.3 Å². The molecule has 0 amide bonds. The first kappa shape index (κ1) is 10.9. The molecule has 0 heterocycles. The number of hydrogen-bond acceptors (Lipinski definition) is 0. The molecule has 1 aromatic carbocycles. The van der Waals surface area contributed by atoms with Crippen LogP contribution in [-0.2, 0) is 5.41 Å². The molecule has 0 nitrogen and oxygen atoms in total. The Morgan fingerprint density at radius 2 is 1.57 bits per heavy atom. The molecule has 0 fully saturated rings. The largest absolute Gasteiger partial charge is 0.207 e. The van der Waals surface area contributed by atoms with Gasteiger partial charge in [-0.05, 0) is 24.6 Å². The zero-order chi connectivity index (χ0) is 10.9. The molecule has 1 aromatic rings. The van der Waals surface area contributed by atoms with Crippen molar-refractivity contribution < 1.29 is 8.78 Å². The molecule has 0 bridgehead atoms. The van der Waals surface area contributed by atoms with Gasteiger partial charge in [-0.2, -0.15) is 0 Å². The molecule has 14 heavy (non-hydrogen) atoms. The molecule has 2 heteroatoms. The summed E-state index contributed by atoms with van der Waals surface area (Å²) in [7, 11) is 0. The van der Waals surface area contributed by atoms with Crippen LogP contribution in [0.4, 0.5) is 8.78 Å². The van der Waals surface area contributed by atoms with Crippen molar-refractivity contribution in [3.63, 3.8) is 0 Å². The van der Waals surface area contributed by atoms with Crippen molar-refractivity contribution in [1.29, 1.82) is 0 Å². The average molecular weight is 196 g/mol. The predicted molar refractivity (Wildman–Crippen MR) is 54.2 cm³/mol. The van der Waals surface area contributed by atoms with E-state index in [9.17, 15) is 8.78 Å². The van der Waals surface area contributed by atoms with Crippen molar-refractivity contribution in [2.45, 2.75) is 26.2 Å². The zero-order valence-corrected chi connectivity index (χ0v) is 8.70. The smallest absolute Gasteiger partial charge is 0.126 e. The summed E-state index contributed by atoms with van der Waals surface area (Å²) in [5.41, 5.74) is 1.09. The van der Waals surface area contributed by atoms with Crippen LogP contribution >= 0.6 is 0 Å². The topological polar surface area (TPSA) is 0 Å². The van der Waals surface area contributed by atoms with Gasteiger partial charge in [0.25, 0.3) is 0 Å². The number of allylic oxidation sites excluding steroid dienone is 1. The molecule has 0 unspecified atom stereocenters. The van der Waals surface area contributed by atoms with Gasteiger partial charge in [-0.3, -0.25) is 0 Å². The molecule has 0 saturated carbocycles. The molecule has 0 aromatic heterocycles. The van der Waals surface area contributed by atoms with E-state index in [2.05, 4.69) is 6.58 Å². The Balaban J connectivity index is 3.25. The van der Waals surface area contributed by atoms with Crippen LogP contribution in [0.25, 0.3) is 0 Å². The highest BCUT2D eigenvalue weighted by molar-refractivity contribution is 5.33. The lowest BCUT2D eigenvalue weighted by atomic mass is 9.79. The minimum absolute atomic E-state index is 0.400. The third-order valence-electron chi connectivity index (χ3n) is 2.65. The van der Waals surface area contributed by atoms with Crippen molar-refractivity contribution in [2.24, 2.45) is 0 Å². The standard InChI is InChI=1S/C12H14F2/c1-8(2)12(3,4)9-5-10(13)7-11(14)6-9/h5-7H,1H2,2-4H3. The van der Waals surface area contributed by atoms with Gasteiger partial charge in [0.1, 0.15) is 11.6 Å². The second-order valence-electron chi connectivity index (χ2n) is 4.06. The maximum absolute atomic E-state index is 13.0. The summed E-state index contributed by atoms with van der Waals surface area (Å²) in [5.74, 6) is -1.09. The van der Waals surface area contributed by atoms with Gasteiger partial charge in [0.05, 0.1) is 0 Å². The monoisotopic (exact) mass is 196 g/mol. The Morgan fingerprint density at radius 1 is 1.14 bits per heavy atom. The van der Waals surface area contributed by atoms with Crippen LogP contribution in [0, 0.1) is 11.6 Å². The summed E-state index contributed by atoms with van der Waals surface area (Å²) >= 11 is 0. The van der Waals surface area contributed by atoms with Crippen molar-refractivity contribution in [3.05, 3.63) is 47.5 Å². The fourth-order valence-corrected chi connectivity index (χ4v) is 1.16. The third kappa shape index (κ3) is 2.00. The summed E-state index contributed by atoms with van der Waals surface area (Å²) in [5, 5.41) is 0. The van der Waals surface area contributed by atoms with Crippen LogP contribution < -0.4 is 0 Å². The van der Waals surface area contributed by atoms with Crippen LogP contribution in [0.3, 0.4) is 0 Å². The fraction of sp³-hybridized carbons (Fsp3) is 0.333. The van der Waals surface area contributed by atoms with Crippen molar-refractivity contribution in [3.8, 4) is 0 Å². The van der Waals surface area contributed by atoms with Crippen LogP contribution in [0.5, 0.6) is 0 Å². The first-order valence-electron chi connectivity index (χ1n) is 4.46. The highest BCUT2D eigenvalue weighted by Crippen LogP contribution is 2.30. The molecule has 0 aliphatic rings. The molecule has 0 N–H and O–H groups in total. The van der Waals surface area contributed by atoms with E-state index in [1.54, 1.807) is 0 Å². The maximum Gasteiger partial charge on any atom is 0.126 e. The molecule has 1 rings (SSSR count). The number of rotatable bonds is 2.